The molecule has 1 aliphatic heterocycles. The molecule has 0 aromatic heterocycles. The molecule has 0 saturated carbocycles. The molecule has 0 amide bonds. The number of rotatable bonds is 9. The Kier molecular flexibility index (Phi) is 8.59. The number of likely N-dealkylation sites (N-methyl/N-ethyl adjacent to an activating group) is 1. The first-order chi connectivity index (χ1) is 8.81. The van der Waals surface area contributed by atoms with Crippen LogP contribution in [0, 0.1) is 0 Å². The van der Waals surface area contributed by atoms with Crippen molar-refractivity contribution in [3.8, 4) is 0 Å². The van der Waals surface area contributed by atoms with E-state index in [2.05, 4.69) is 24.1 Å². The Bertz CT molecular complexity index is 202. The predicted molar refractivity (Wildman–Crippen MR) is 75.0 cm³/mol. The smallest absolute Gasteiger partial charge is 0.0702 e. The summed E-state index contributed by atoms with van der Waals surface area (Å²) in [6, 6.07) is 0.475. The highest BCUT2D eigenvalue weighted by Gasteiger charge is 2.25. The van der Waals surface area contributed by atoms with E-state index >= 15 is 0 Å². The van der Waals surface area contributed by atoms with Crippen LogP contribution in [0.3, 0.4) is 0 Å². The second-order valence-corrected chi connectivity index (χ2v) is 5.05. The normalized spacial score (nSPS) is 23.2. The van der Waals surface area contributed by atoms with Crippen LogP contribution in [0.2, 0.25) is 0 Å². The highest BCUT2D eigenvalue weighted by atomic mass is 16.5. The van der Waals surface area contributed by atoms with E-state index in [1.165, 1.54) is 19.4 Å². The summed E-state index contributed by atoms with van der Waals surface area (Å²) in [6.45, 7) is 10.3. The van der Waals surface area contributed by atoms with Gasteiger partial charge in [0.25, 0.3) is 0 Å². The minimum absolute atomic E-state index is 0.416. The first kappa shape index (κ1) is 15.9. The molecule has 18 heavy (non-hydrogen) atoms. The molecule has 1 saturated heterocycles. The van der Waals surface area contributed by atoms with E-state index in [1.807, 2.05) is 0 Å². The molecule has 0 spiro atoms. The molecular formula is C14H30N2O2. The first-order valence-corrected chi connectivity index (χ1v) is 7.37. The third-order valence-electron chi connectivity index (χ3n) is 3.47. The lowest BCUT2D eigenvalue weighted by Gasteiger charge is -2.38. The van der Waals surface area contributed by atoms with E-state index in [0.717, 1.165) is 39.3 Å². The molecule has 4 nitrogen and oxygen atoms in total. The van der Waals surface area contributed by atoms with Crippen LogP contribution in [0.1, 0.15) is 33.1 Å². The van der Waals surface area contributed by atoms with Gasteiger partial charge >= 0.3 is 0 Å². The summed E-state index contributed by atoms with van der Waals surface area (Å²) in [6.07, 6.45) is 3.97. The molecule has 4 heteroatoms. The van der Waals surface area contributed by atoms with Gasteiger partial charge in [-0.25, -0.2) is 0 Å². The van der Waals surface area contributed by atoms with Gasteiger partial charge in [-0.05, 0) is 32.4 Å². The number of hydrogen-bond acceptors (Lipinski definition) is 4. The molecule has 1 N–H and O–H groups in total. The molecule has 2 unspecified atom stereocenters. The molecule has 1 aliphatic rings. The maximum absolute atomic E-state index is 5.89. The molecule has 1 heterocycles. The summed E-state index contributed by atoms with van der Waals surface area (Å²) < 4.78 is 11.2. The van der Waals surface area contributed by atoms with Crippen molar-refractivity contribution < 1.29 is 9.47 Å². The van der Waals surface area contributed by atoms with Gasteiger partial charge in [-0.15, -0.1) is 0 Å². The van der Waals surface area contributed by atoms with Crippen LogP contribution < -0.4 is 5.32 Å². The first-order valence-electron chi connectivity index (χ1n) is 7.37. The minimum atomic E-state index is 0.416. The summed E-state index contributed by atoms with van der Waals surface area (Å²) >= 11 is 0. The minimum Gasteiger partial charge on any atom is -0.383 e. The maximum Gasteiger partial charge on any atom is 0.0702 e. The van der Waals surface area contributed by atoms with Crippen molar-refractivity contribution in [1.29, 1.82) is 0 Å². The fourth-order valence-electron chi connectivity index (χ4n) is 2.52. The summed E-state index contributed by atoms with van der Waals surface area (Å²) in [7, 11) is 1.79. The molecule has 0 aliphatic carbocycles. The van der Waals surface area contributed by atoms with Crippen molar-refractivity contribution in [3.05, 3.63) is 0 Å². The van der Waals surface area contributed by atoms with Crippen molar-refractivity contribution in [2.45, 2.75) is 45.3 Å². The Labute approximate surface area is 112 Å². The fourth-order valence-corrected chi connectivity index (χ4v) is 2.52. The number of methoxy groups -OCH3 is 1. The molecule has 0 aromatic carbocycles. The van der Waals surface area contributed by atoms with Crippen LogP contribution in [-0.2, 0) is 9.47 Å². The quantitative estimate of drug-likeness (QED) is 0.679. The maximum atomic E-state index is 5.89. The number of hydrogen-bond donors (Lipinski definition) is 1. The van der Waals surface area contributed by atoms with Gasteiger partial charge in [0, 0.05) is 32.8 Å². The summed E-state index contributed by atoms with van der Waals surface area (Å²) in [5, 5.41) is 3.43. The van der Waals surface area contributed by atoms with Crippen LogP contribution in [0.4, 0.5) is 0 Å². The number of likely N-dealkylation sites (tertiary alicyclic amines) is 1. The van der Waals surface area contributed by atoms with Crippen molar-refractivity contribution in [2.24, 2.45) is 0 Å². The van der Waals surface area contributed by atoms with Crippen LogP contribution in [0.5, 0.6) is 0 Å². The molecular weight excluding hydrogens is 228 g/mol. The van der Waals surface area contributed by atoms with Crippen molar-refractivity contribution in [2.75, 3.05) is 46.5 Å². The Morgan fingerprint density at radius 2 is 2.22 bits per heavy atom. The Balaban J connectivity index is 2.39. The van der Waals surface area contributed by atoms with Gasteiger partial charge < -0.3 is 14.8 Å². The van der Waals surface area contributed by atoms with Gasteiger partial charge in [-0.1, -0.05) is 13.8 Å². The number of piperidine rings is 1. The van der Waals surface area contributed by atoms with E-state index in [1.54, 1.807) is 7.11 Å². The van der Waals surface area contributed by atoms with Crippen LogP contribution in [-0.4, -0.2) is 63.5 Å². The van der Waals surface area contributed by atoms with Crippen molar-refractivity contribution in [3.63, 3.8) is 0 Å². The van der Waals surface area contributed by atoms with Crippen LogP contribution >= 0.6 is 0 Å². The van der Waals surface area contributed by atoms with Crippen molar-refractivity contribution in [1.82, 2.24) is 10.2 Å². The van der Waals surface area contributed by atoms with Gasteiger partial charge in [0.15, 0.2) is 0 Å². The SMILES string of the molecule is CCCOC1CCCN(C(CNCC)COC)C1. The summed E-state index contributed by atoms with van der Waals surface area (Å²) in [4.78, 5) is 2.52. The van der Waals surface area contributed by atoms with Gasteiger partial charge in [-0.2, -0.15) is 0 Å². The summed E-state index contributed by atoms with van der Waals surface area (Å²) in [5.74, 6) is 0. The van der Waals surface area contributed by atoms with E-state index in [9.17, 15) is 0 Å². The highest BCUT2D eigenvalue weighted by molar-refractivity contribution is 4.81. The second-order valence-electron chi connectivity index (χ2n) is 5.05. The third kappa shape index (κ3) is 5.65. The van der Waals surface area contributed by atoms with Crippen LogP contribution in [0.25, 0.3) is 0 Å². The second kappa shape index (κ2) is 9.73. The lowest BCUT2D eigenvalue weighted by Crippen LogP contribution is -2.51. The fraction of sp³-hybridized carbons (Fsp3) is 1.00. The van der Waals surface area contributed by atoms with E-state index in [-0.39, 0.29) is 0 Å². The van der Waals surface area contributed by atoms with Gasteiger partial charge in [0.1, 0.15) is 0 Å². The van der Waals surface area contributed by atoms with Crippen LogP contribution in [0.15, 0.2) is 0 Å². The van der Waals surface area contributed by atoms with Gasteiger partial charge in [-0.3, -0.25) is 4.90 Å². The number of nitrogens with one attached hydrogen (secondary N) is 1. The Morgan fingerprint density at radius 1 is 1.39 bits per heavy atom. The van der Waals surface area contributed by atoms with E-state index < -0.39 is 0 Å². The molecule has 0 bridgehead atoms. The molecule has 1 rings (SSSR count). The molecule has 0 aromatic rings. The lowest BCUT2D eigenvalue weighted by molar-refractivity contribution is -0.0232. The molecule has 108 valence electrons. The highest BCUT2D eigenvalue weighted by Crippen LogP contribution is 2.16. The van der Waals surface area contributed by atoms with Crippen molar-refractivity contribution >= 4 is 0 Å². The molecule has 2 atom stereocenters. The summed E-state index contributed by atoms with van der Waals surface area (Å²) in [5.41, 5.74) is 0. The predicted octanol–water partition coefficient (Wildman–Crippen LogP) is 1.50. The van der Waals surface area contributed by atoms with Gasteiger partial charge in [0.2, 0.25) is 0 Å². The monoisotopic (exact) mass is 258 g/mol. The Hall–Kier alpha value is -0.160. The molecule has 0 radical (unpaired) electrons. The standard InChI is InChI=1S/C14H30N2O2/c1-4-9-18-14-7-6-8-16(11-14)13(12-17-3)10-15-5-2/h13-15H,4-12H2,1-3H3. The largest absolute Gasteiger partial charge is 0.383 e. The Morgan fingerprint density at radius 3 is 2.89 bits per heavy atom. The average molecular weight is 258 g/mol. The zero-order valence-electron chi connectivity index (χ0n) is 12.3. The third-order valence-corrected chi connectivity index (χ3v) is 3.47. The zero-order valence-corrected chi connectivity index (χ0v) is 12.3. The van der Waals surface area contributed by atoms with Gasteiger partial charge in [0.05, 0.1) is 12.7 Å². The topological polar surface area (TPSA) is 33.7 Å². The lowest BCUT2D eigenvalue weighted by atomic mass is 10.1. The van der Waals surface area contributed by atoms with E-state index in [4.69, 9.17) is 9.47 Å². The average Bonchev–Trinajstić information content (AvgIpc) is 2.41. The molecule has 1 fully saturated rings. The number of nitrogens with zero attached hydrogens (tertiary/aromatic N) is 1. The van der Waals surface area contributed by atoms with E-state index in [0.29, 0.717) is 12.1 Å². The number of ether oxygens (including phenoxy) is 2. The zero-order chi connectivity index (χ0) is 13.2.